The van der Waals surface area contributed by atoms with E-state index in [2.05, 4.69) is 29.2 Å². The Bertz CT molecular complexity index is 631. The summed E-state index contributed by atoms with van der Waals surface area (Å²) in [5.41, 5.74) is 2.14. The van der Waals surface area contributed by atoms with Crippen molar-refractivity contribution in [1.82, 2.24) is 20.1 Å². The second kappa shape index (κ2) is 6.52. The Labute approximate surface area is 125 Å². The minimum absolute atomic E-state index is 0.0393. The van der Waals surface area contributed by atoms with Crippen LogP contribution in [-0.2, 0) is 11.3 Å². The molecule has 1 heterocycles. The summed E-state index contributed by atoms with van der Waals surface area (Å²) in [5.74, 6) is 1.80. The molecule has 5 heteroatoms. The summed E-state index contributed by atoms with van der Waals surface area (Å²) < 4.78 is 1.67. The van der Waals surface area contributed by atoms with E-state index in [1.165, 1.54) is 0 Å². The molecule has 0 aliphatic rings. The molecular formula is C16H22N4O. The van der Waals surface area contributed by atoms with Crippen LogP contribution in [0.25, 0.3) is 11.4 Å². The fourth-order valence-corrected chi connectivity index (χ4v) is 2.07. The van der Waals surface area contributed by atoms with Gasteiger partial charge in [0.1, 0.15) is 12.4 Å². The maximum Gasteiger partial charge on any atom is 0.241 e. The molecule has 0 aliphatic carbocycles. The lowest BCUT2D eigenvalue weighted by Crippen LogP contribution is -2.31. The maximum absolute atomic E-state index is 12.0. The van der Waals surface area contributed by atoms with E-state index in [1.807, 2.05) is 38.1 Å². The predicted molar refractivity (Wildman–Crippen MR) is 82.8 cm³/mol. The highest BCUT2D eigenvalue weighted by atomic mass is 16.2. The highest BCUT2D eigenvalue weighted by Crippen LogP contribution is 2.18. The van der Waals surface area contributed by atoms with Crippen molar-refractivity contribution < 1.29 is 4.79 Å². The molecule has 1 amide bonds. The molecule has 1 aromatic heterocycles. The fourth-order valence-electron chi connectivity index (χ4n) is 2.07. The number of aromatic nitrogens is 3. The second-order valence-corrected chi connectivity index (χ2v) is 5.71. The van der Waals surface area contributed by atoms with Gasteiger partial charge in [-0.1, -0.05) is 37.6 Å². The van der Waals surface area contributed by atoms with E-state index in [-0.39, 0.29) is 12.5 Å². The Balaban J connectivity index is 2.19. The summed E-state index contributed by atoms with van der Waals surface area (Å²) in [4.78, 5) is 16.4. The van der Waals surface area contributed by atoms with E-state index in [1.54, 1.807) is 4.68 Å². The first-order valence-electron chi connectivity index (χ1n) is 7.21. The Morgan fingerprint density at radius 1 is 1.33 bits per heavy atom. The molecule has 21 heavy (non-hydrogen) atoms. The van der Waals surface area contributed by atoms with Crippen LogP contribution in [-0.4, -0.2) is 27.2 Å². The zero-order chi connectivity index (χ0) is 15.4. The van der Waals surface area contributed by atoms with Crippen molar-refractivity contribution in [2.24, 2.45) is 5.92 Å². The molecule has 1 aromatic carbocycles. The molecule has 2 aromatic rings. The quantitative estimate of drug-likeness (QED) is 0.917. The van der Waals surface area contributed by atoms with Crippen molar-refractivity contribution >= 4 is 5.91 Å². The normalized spacial score (nSPS) is 10.9. The first-order valence-corrected chi connectivity index (χ1v) is 7.21. The maximum atomic E-state index is 12.0. The average molecular weight is 286 g/mol. The number of benzene rings is 1. The lowest BCUT2D eigenvalue weighted by molar-refractivity contribution is -0.121. The molecule has 0 atom stereocenters. The third-order valence-electron chi connectivity index (χ3n) is 3.05. The van der Waals surface area contributed by atoms with Crippen LogP contribution in [0.15, 0.2) is 24.3 Å². The van der Waals surface area contributed by atoms with E-state index in [0.717, 1.165) is 17.0 Å². The molecule has 5 nitrogen and oxygen atoms in total. The molecular weight excluding hydrogens is 264 g/mol. The Morgan fingerprint density at radius 2 is 2.10 bits per heavy atom. The number of carbonyl (C=O) groups excluding carboxylic acids is 1. The lowest BCUT2D eigenvalue weighted by Gasteiger charge is -2.09. The Hall–Kier alpha value is -2.17. The van der Waals surface area contributed by atoms with Crippen LogP contribution in [0.1, 0.15) is 25.2 Å². The van der Waals surface area contributed by atoms with E-state index >= 15 is 0 Å². The molecule has 2 rings (SSSR count). The molecule has 0 spiro atoms. The number of hydrogen-bond acceptors (Lipinski definition) is 3. The number of carbonyl (C=O) groups is 1. The van der Waals surface area contributed by atoms with Crippen molar-refractivity contribution in [2.45, 2.75) is 34.2 Å². The number of aryl methyl sites for hydroxylation is 2. The van der Waals surface area contributed by atoms with Crippen LogP contribution in [0, 0.1) is 19.8 Å². The number of amides is 1. The third kappa shape index (κ3) is 4.15. The van der Waals surface area contributed by atoms with Gasteiger partial charge in [0.05, 0.1) is 0 Å². The third-order valence-corrected chi connectivity index (χ3v) is 3.05. The van der Waals surface area contributed by atoms with Crippen molar-refractivity contribution in [3.63, 3.8) is 0 Å². The molecule has 0 radical (unpaired) electrons. The van der Waals surface area contributed by atoms with Gasteiger partial charge in [0.2, 0.25) is 5.91 Å². The van der Waals surface area contributed by atoms with Gasteiger partial charge >= 0.3 is 0 Å². The monoisotopic (exact) mass is 286 g/mol. The molecule has 0 bridgehead atoms. The van der Waals surface area contributed by atoms with Gasteiger partial charge < -0.3 is 5.32 Å². The first kappa shape index (κ1) is 15.2. The predicted octanol–water partition coefficient (Wildman–Crippen LogP) is 2.33. The van der Waals surface area contributed by atoms with Crippen LogP contribution >= 0.6 is 0 Å². The Kier molecular flexibility index (Phi) is 4.73. The van der Waals surface area contributed by atoms with Crippen molar-refractivity contribution in [3.8, 4) is 11.4 Å². The van der Waals surface area contributed by atoms with Gasteiger partial charge in [-0.05, 0) is 25.8 Å². The summed E-state index contributed by atoms with van der Waals surface area (Å²) in [6.07, 6.45) is 0. The number of hydrogen-bond donors (Lipinski definition) is 1. The first-order chi connectivity index (χ1) is 9.95. The number of nitrogens with zero attached hydrogens (tertiary/aromatic N) is 3. The van der Waals surface area contributed by atoms with Crippen molar-refractivity contribution in [1.29, 1.82) is 0 Å². The standard InChI is InChI=1S/C16H22N4O/c1-11(2)9-17-15(21)10-20-16(18-13(4)19-20)14-7-5-6-12(3)8-14/h5-8,11H,9-10H2,1-4H3,(H,17,21). The molecule has 0 fully saturated rings. The summed E-state index contributed by atoms with van der Waals surface area (Å²) in [6.45, 7) is 8.87. The Morgan fingerprint density at radius 3 is 2.76 bits per heavy atom. The summed E-state index contributed by atoms with van der Waals surface area (Å²) in [5, 5.41) is 7.23. The number of nitrogens with one attached hydrogen (secondary N) is 1. The van der Waals surface area contributed by atoms with E-state index in [0.29, 0.717) is 18.3 Å². The highest BCUT2D eigenvalue weighted by Gasteiger charge is 2.13. The van der Waals surface area contributed by atoms with Gasteiger partial charge in [0.15, 0.2) is 5.82 Å². The SMILES string of the molecule is Cc1cccc(-c2nc(C)nn2CC(=O)NCC(C)C)c1. The van der Waals surface area contributed by atoms with Gasteiger partial charge in [-0.15, -0.1) is 0 Å². The van der Waals surface area contributed by atoms with Gasteiger partial charge in [0, 0.05) is 12.1 Å². The lowest BCUT2D eigenvalue weighted by atomic mass is 10.1. The van der Waals surface area contributed by atoms with Crippen molar-refractivity contribution in [2.75, 3.05) is 6.54 Å². The summed E-state index contributed by atoms with van der Waals surface area (Å²) in [6, 6.07) is 8.05. The van der Waals surface area contributed by atoms with E-state index in [9.17, 15) is 4.79 Å². The molecule has 0 aliphatic heterocycles. The van der Waals surface area contributed by atoms with Crippen LogP contribution in [0.4, 0.5) is 0 Å². The zero-order valence-corrected chi connectivity index (χ0v) is 13.1. The summed E-state index contributed by atoms with van der Waals surface area (Å²) in [7, 11) is 0. The van der Waals surface area contributed by atoms with Crippen LogP contribution in [0.3, 0.4) is 0 Å². The molecule has 0 saturated carbocycles. The molecule has 0 unspecified atom stereocenters. The highest BCUT2D eigenvalue weighted by molar-refractivity contribution is 5.76. The molecule has 1 N–H and O–H groups in total. The minimum atomic E-state index is -0.0393. The van der Waals surface area contributed by atoms with Crippen LogP contribution in [0.2, 0.25) is 0 Å². The van der Waals surface area contributed by atoms with Crippen LogP contribution in [0.5, 0.6) is 0 Å². The topological polar surface area (TPSA) is 59.8 Å². The average Bonchev–Trinajstić information content (AvgIpc) is 2.77. The smallest absolute Gasteiger partial charge is 0.241 e. The number of rotatable bonds is 5. The zero-order valence-electron chi connectivity index (χ0n) is 13.1. The van der Waals surface area contributed by atoms with E-state index in [4.69, 9.17) is 0 Å². The van der Waals surface area contributed by atoms with Gasteiger partial charge in [-0.3, -0.25) is 4.79 Å². The minimum Gasteiger partial charge on any atom is -0.354 e. The largest absolute Gasteiger partial charge is 0.354 e. The second-order valence-electron chi connectivity index (χ2n) is 5.71. The fraction of sp³-hybridized carbons (Fsp3) is 0.438. The van der Waals surface area contributed by atoms with Gasteiger partial charge in [-0.2, -0.15) is 5.10 Å². The molecule has 112 valence electrons. The van der Waals surface area contributed by atoms with Gasteiger partial charge in [-0.25, -0.2) is 9.67 Å². The van der Waals surface area contributed by atoms with Crippen molar-refractivity contribution in [3.05, 3.63) is 35.7 Å². The van der Waals surface area contributed by atoms with Gasteiger partial charge in [0.25, 0.3) is 0 Å². The molecule has 0 saturated heterocycles. The van der Waals surface area contributed by atoms with Crippen LogP contribution < -0.4 is 5.32 Å². The summed E-state index contributed by atoms with van der Waals surface area (Å²) >= 11 is 0. The van der Waals surface area contributed by atoms with E-state index < -0.39 is 0 Å².